The number of carbonyl (C=O) groups excluding carboxylic acids is 1. The second kappa shape index (κ2) is 9.41. The Hall–Kier alpha value is -2.80. The lowest BCUT2D eigenvalue weighted by atomic mass is 10.1. The van der Waals surface area contributed by atoms with Crippen LogP contribution in [0.2, 0.25) is 0 Å². The smallest absolute Gasteiger partial charge is 0.230 e. The van der Waals surface area contributed by atoms with Crippen LogP contribution in [0.15, 0.2) is 59.8 Å². The molecule has 1 amide bonds. The van der Waals surface area contributed by atoms with E-state index in [4.69, 9.17) is 4.74 Å². The van der Waals surface area contributed by atoms with Gasteiger partial charge in [-0.2, -0.15) is 0 Å². The number of thioether (sulfide) groups is 1. The first-order valence-electron chi connectivity index (χ1n) is 9.09. The Morgan fingerprint density at radius 1 is 1.14 bits per heavy atom. The molecule has 7 heteroatoms. The van der Waals surface area contributed by atoms with Gasteiger partial charge in [0.25, 0.3) is 0 Å². The number of rotatable bonds is 8. The van der Waals surface area contributed by atoms with Crippen LogP contribution >= 0.6 is 11.8 Å². The normalized spacial score (nSPS) is 11.8. The highest BCUT2D eigenvalue weighted by Gasteiger charge is 2.18. The zero-order valence-corrected chi connectivity index (χ0v) is 17.1. The van der Waals surface area contributed by atoms with Crippen molar-refractivity contribution in [1.82, 2.24) is 20.1 Å². The van der Waals surface area contributed by atoms with Gasteiger partial charge in [0.15, 0.2) is 17.1 Å². The Bertz CT molecular complexity index is 910. The van der Waals surface area contributed by atoms with Crippen LogP contribution < -0.4 is 10.1 Å². The molecule has 6 nitrogen and oxygen atoms in total. The molecule has 28 heavy (non-hydrogen) atoms. The molecule has 146 valence electrons. The summed E-state index contributed by atoms with van der Waals surface area (Å²) in [5.74, 6) is 1.74. The van der Waals surface area contributed by atoms with E-state index in [-0.39, 0.29) is 17.8 Å². The standard InChI is InChI=1S/C21H24N4O2S/c1-15-9-11-17(12-10-15)13-22-19(26)14-28-21-24-23-20(25(21)3)16(2)27-18-7-5-4-6-8-18/h4-12,16H,13-14H2,1-3H3,(H,22,26)/t16-/m1/s1. The average Bonchev–Trinajstić information content (AvgIpc) is 3.07. The van der Waals surface area contributed by atoms with E-state index < -0.39 is 0 Å². The number of hydrogen-bond acceptors (Lipinski definition) is 5. The topological polar surface area (TPSA) is 69.0 Å². The fourth-order valence-electron chi connectivity index (χ4n) is 2.65. The monoisotopic (exact) mass is 396 g/mol. The molecule has 0 aliphatic heterocycles. The van der Waals surface area contributed by atoms with Crippen LogP contribution in [0.25, 0.3) is 0 Å². The predicted octanol–water partition coefficient (Wildman–Crippen LogP) is 3.67. The van der Waals surface area contributed by atoms with Crippen molar-refractivity contribution in [3.63, 3.8) is 0 Å². The minimum atomic E-state index is -0.246. The molecule has 0 saturated carbocycles. The summed E-state index contributed by atoms with van der Waals surface area (Å²) >= 11 is 1.36. The summed E-state index contributed by atoms with van der Waals surface area (Å²) in [6.07, 6.45) is -0.246. The van der Waals surface area contributed by atoms with Gasteiger partial charge in [-0.25, -0.2) is 0 Å². The van der Waals surface area contributed by atoms with Crippen molar-refractivity contribution in [1.29, 1.82) is 0 Å². The third-order valence-electron chi connectivity index (χ3n) is 4.23. The van der Waals surface area contributed by atoms with Crippen LogP contribution in [-0.2, 0) is 18.4 Å². The molecule has 0 aliphatic carbocycles. The van der Waals surface area contributed by atoms with E-state index in [2.05, 4.69) is 15.5 Å². The number of hydrogen-bond donors (Lipinski definition) is 1. The second-order valence-corrected chi connectivity index (χ2v) is 7.47. The molecule has 0 fully saturated rings. The highest BCUT2D eigenvalue weighted by molar-refractivity contribution is 7.99. The van der Waals surface area contributed by atoms with Crippen molar-refractivity contribution in [3.8, 4) is 5.75 Å². The van der Waals surface area contributed by atoms with Gasteiger partial charge in [-0.3, -0.25) is 4.79 Å². The van der Waals surface area contributed by atoms with Gasteiger partial charge in [-0.15, -0.1) is 10.2 Å². The van der Waals surface area contributed by atoms with Crippen LogP contribution in [0, 0.1) is 6.92 Å². The Balaban J connectivity index is 1.50. The molecule has 3 rings (SSSR count). The molecule has 0 saturated heterocycles. The number of aryl methyl sites for hydroxylation is 1. The first-order chi connectivity index (χ1) is 13.5. The summed E-state index contributed by atoms with van der Waals surface area (Å²) in [5, 5.41) is 12.0. The van der Waals surface area contributed by atoms with E-state index >= 15 is 0 Å². The molecular weight excluding hydrogens is 372 g/mol. The Labute approximate surface area is 169 Å². The van der Waals surface area contributed by atoms with Gasteiger partial charge in [0, 0.05) is 13.6 Å². The van der Waals surface area contributed by atoms with Gasteiger partial charge in [-0.1, -0.05) is 59.8 Å². The summed E-state index contributed by atoms with van der Waals surface area (Å²) in [4.78, 5) is 12.1. The number of ether oxygens (including phenoxy) is 1. The van der Waals surface area contributed by atoms with Crippen molar-refractivity contribution in [2.24, 2.45) is 7.05 Å². The molecule has 1 N–H and O–H groups in total. The highest BCUT2D eigenvalue weighted by atomic mass is 32.2. The quantitative estimate of drug-likeness (QED) is 0.589. The first kappa shape index (κ1) is 19.9. The summed E-state index contributed by atoms with van der Waals surface area (Å²) in [7, 11) is 1.88. The van der Waals surface area contributed by atoms with E-state index in [1.165, 1.54) is 17.3 Å². The van der Waals surface area contributed by atoms with Crippen molar-refractivity contribution >= 4 is 17.7 Å². The number of nitrogens with zero attached hydrogens (tertiary/aromatic N) is 3. The van der Waals surface area contributed by atoms with Crippen LogP contribution in [0.4, 0.5) is 0 Å². The lowest BCUT2D eigenvalue weighted by molar-refractivity contribution is -0.118. The molecule has 2 aromatic carbocycles. The van der Waals surface area contributed by atoms with Gasteiger partial charge in [0.1, 0.15) is 5.75 Å². The molecule has 1 heterocycles. The number of nitrogens with one attached hydrogen (secondary N) is 1. The Morgan fingerprint density at radius 2 is 1.86 bits per heavy atom. The van der Waals surface area contributed by atoms with Crippen molar-refractivity contribution in [2.45, 2.75) is 31.7 Å². The van der Waals surface area contributed by atoms with Gasteiger partial charge in [0.05, 0.1) is 5.75 Å². The summed E-state index contributed by atoms with van der Waals surface area (Å²) in [6.45, 7) is 4.49. The lowest BCUT2D eigenvalue weighted by Crippen LogP contribution is -2.24. The van der Waals surface area contributed by atoms with E-state index in [1.807, 2.05) is 80.1 Å². The van der Waals surface area contributed by atoms with Crippen molar-refractivity contribution in [2.75, 3.05) is 5.75 Å². The van der Waals surface area contributed by atoms with Crippen LogP contribution in [0.1, 0.15) is 30.0 Å². The predicted molar refractivity (Wildman–Crippen MR) is 110 cm³/mol. The molecule has 0 spiro atoms. The molecule has 0 aliphatic rings. The summed E-state index contributed by atoms with van der Waals surface area (Å²) in [6, 6.07) is 17.7. The number of para-hydroxylation sites is 1. The van der Waals surface area contributed by atoms with Gasteiger partial charge in [-0.05, 0) is 31.5 Å². The van der Waals surface area contributed by atoms with Gasteiger partial charge < -0.3 is 14.6 Å². The average molecular weight is 397 g/mol. The minimum absolute atomic E-state index is 0.0382. The first-order valence-corrected chi connectivity index (χ1v) is 10.1. The van der Waals surface area contributed by atoms with Crippen molar-refractivity contribution < 1.29 is 9.53 Å². The molecule has 1 atom stereocenters. The number of amides is 1. The van der Waals surface area contributed by atoms with Crippen LogP contribution in [-0.4, -0.2) is 26.4 Å². The highest BCUT2D eigenvalue weighted by Crippen LogP contribution is 2.23. The van der Waals surface area contributed by atoms with E-state index in [1.54, 1.807) is 0 Å². The minimum Gasteiger partial charge on any atom is -0.483 e. The number of benzene rings is 2. The third-order valence-corrected chi connectivity index (χ3v) is 5.25. The lowest BCUT2D eigenvalue weighted by Gasteiger charge is -2.14. The van der Waals surface area contributed by atoms with Crippen molar-refractivity contribution in [3.05, 3.63) is 71.5 Å². The number of aromatic nitrogens is 3. The molecule has 0 bridgehead atoms. The zero-order chi connectivity index (χ0) is 19.9. The van der Waals surface area contributed by atoms with Crippen LogP contribution in [0.5, 0.6) is 5.75 Å². The molecule has 0 radical (unpaired) electrons. The Morgan fingerprint density at radius 3 is 2.57 bits per heavy atom. The van der Waals surface area contributed by atoms with E-state index in [9.17, 15) is 4.79 Å². The van der Waals surface area contributed by atoms with E-state index in [0.29, 0.717) is 17.5 Å². The fourth-order valence-corrected chi connectivity index (χ4v) is 3.40. The maximum atomic E-state index is 12.1. The second-order valence-electron chi connectivity index (χ2n) is 6.52. The number of carbonyl (C=O) groups is 1. The molecular formula is C21H24N4O2S. The summed E-state index contributed by atoms with van der Waals surface area (Å²) in [5.41, 5.74) is 2.28. The maximum absolute atomic E-state index is 12.1. The third kappa shape index (κ3) is 5.36. The van der Waals surface area contributed by atoms with Crippen LogP contribution in [0.3, 0.4) is 0 Å². The van der Waals surface area contributed by atoms with Gasteiger partial charge >= 0.3 is 0 Å². The Kier molecular flexibility index (Phi) is 6.71. The molecule has 3 aromatic rings. The summed E-state index contributed by atoms with van der Waals surface area (Å²) < 4.78 is 7.77. The van der Waals surface area contributed by atoms with Gasteiger partial charge in [0.2, 0.25) is 5.91 Å². The maximum Gasteiger partial charge on any atom is 0.230 e. The van der Waals surface area contributed by atoms with E-state index in [0.717, 1.165) is 11.3 Å². The largest absolute Gasteiger partial charge is 0.483 e. The zero-order valence-electron chi connectivity index (χ0n) is 16.3. The fraction of sp³-hybridized carbons (Fsp3) is 0.286. The molecule has 1 aromatic heterocycles. The SMILES string of the molecule is Cc1ccc(CNC(=O)CSc2nnc([C@@H](C)Oc3ccccc3)n2C)cc1. The molecule has 0 unspecified atom stereocenters.